The van der Waals surface area contributed by atoms with E-state index in [2.05, 4.69) is 98.2 Å². The Kier molecular flexibility index (Phi) is 29.8. The van der Waals surface area contributed by atoms with Crippen molar-refractivity contribution in [3.63, 3.8) is 0 Å². The molecule has 0 aliphatic heterocycles. The molecule has 0 unspecified atom stereocenters. The summed E-state index contributed by atoms with van der Waals surface area (Å²) in [5.74, 6) is 0. The van der Waals surface area contributed by atoms with Crippen LogP contribution >= 0.6 is 0 Å². The van der Waals surface area contributed by atoms with Gasteiger partial charge in [0.1, 0.15) is 0 Å². The fourth-order valence-corrected chi connectivity index (χ4v) is 3.24. The zero-order valence-corrected chi connectivity index (χ0v) is 31.5. The van der Waals surface area contributed by atoms with Gasteiger partial charge in [0.05, 0.1) is 0 Å². The molecule has 4 aromatic carbocycles. The molecular formula is C37H54N2U. The van der Waals surface area contributed by atoms with Gasteiger partial charge in [0.25, 0.3) is 0 Å². The number of nitrogens with zero attached hydrogens (tertiary/aromatic N) is 2. The minimum absolute atomic E-state index is 0. The van der Waals surface area contributed by atoms with Gasteiger partial charge in [-0.2, -0.15) is 48.5 Å². The number of aromatic nitrogens is 1. The third-order valence-electron chi connectivity index (χ3n) is 5.16. The first-order valence-electron chi connectivity index (χ1n) is 14.6. The van der Waals surface area contributed by atoms with Crippen molar-refractivity contribution < 1.29 is 31.1 Å². The molecule has 1 aromatic heterocycles. The molecule has 0 fully saturated rings. The van der Waals surface area contributed by atoms with Crippen molar-refractivity contribution in [2.24, 2.45) is 7.05 Å². The first-order chi connectivity index (χ1) is 19.1. The molecule has 216 valence electrons. The standard InChI is InChI=1S/C13H11N.C12H8.C4H11N.4C2H6.U/c1-14-12-8-4-2-6-10(12)11-7-3-5-9-13(11)14;1-3-7-11(8-4-1)12-9-5-2-6-10-12;1-4-5(2)3;4*1-2;/h2-9H,1H3;1-7,9H;4H2,1-3H3;4*1-2H3;/q;-2;;;;;;+2. The maximum absolute atomic E-state index is 3.15. The van der Waals surface area contributed by atoms with Gasteiger partial charge >= 0.3 is 31.1 Å². The van der Waals surface area contributed by atoms with E-state index in [1.165, 1.54) is 21.8 Å². The molecule has 0 radical (unpaired) electrons. The van der Waals surface area contributed by atoms with Crippen LogP contribution in [0.2, 0.25) is 0 Å². The van der Waals surface area contributed by atoms with Gasteiger partial charge < -0.3 is 9.47 Å². The van der Waals surface area contributed by atoms with Gasteiger partial charge in [0, 0.05) is 28.9 Å². The van der Waals surface area contributed by atoms with Gasteiger partial charge in [-0.05, 0) is 32.8 Å². The Morgan fingerprint density at radius 2 is 0.850 bits per heavy atom. The van der Waals surface area contributed by atoms with Crippen molar-refractivity contribution in [2.45, 2.75) is 62.3 Å². The van der Waals surface area contributed by atoms with Crippen LogP contribution in [0.4, 0.5) is 0 Å². The quantitative estimate of drug-likeness (QED) is 0.163. The second-order valence-electron chi connectivity index (χ2n) is 7.54. The van der Waals surface area contributed by atoms with Crippen LogP contribution in [-0.4, -0.2) is 30.1 Å². The zero-order valence-electron chi connectivity index (χ0n) is 27.3. The Hall–Kier alpha value is -2.31. The smallest absolute Gasteiger partial charge is 0.344 e. The van der Waals surface area contributed by atoms with Crippen LogP contribution in [0.25, 0.3) is 32.9 Å². The summed E-state index contributed by atoms with van der Waals surface area (Å²) in [5, 5.41) is 2.68. The van der Waals surface area contributed by atoms with Crippen LogP contribution in [0.15, 0.2) is 97.1 Å². The number of hydrogen-bond donors (Lipinski definition) is 0. The van der Waals surface area contributed by atoms with Crippen molar-refractivity contribution in [2.75, 3.05) is 20.6 Å². The summed E-state index contributed by atoms with van der Waals surface area (Å²) < 4.78 is 2.24. The molecule has 0 saturated heterocycles. The van der Waals surface area contributed by atoms with E-state index in [0.717, 1.165) is 17.7 Å². The van der Waals surface area contributed by atoms with Gasteiger partial charge in [-0.1, -0.05) is 98.7 Å². The van der Waals surface area contributed by atoms with Crippen molar-refractivity contribution in [3.8, 4) is 11.1 Å². The summed E-state index contributed by atoms with van der Waals surface area (Å²) in [7, 11) is 6.23. The monoisotopic (exact) mass is 764 g/mol. The average Bonchev–Trinajstić information content (AvgIpc) is 3.34. The molecular weight excluding hydrogens is 710 g/mol. The fraction of sp³-hybridized carbons (Fsp3) is 0.351. The molecule has 5 aromatic rings. The fourth-order valence-electron chi connectivity index (χ4n) is 3.24. The Balaban J connectivity index is -0.000000481. The molecule has 0 atom stereocenters. The van der Waals surface area contributed by atoms with Gasteiger partial charge in [-0.15, -0.1) is 12.1 Å². The topological polar surface area (TPSA) is 8.17 Å². The summed E-state index contributed by atoms with van der Waals surface area (Å²) in [5.41, 5.74) is 4.79. The van der Waals surface area contributed by atoms with Gasteiger partial charge in [-0.3, -0.25) is 0 Å². The Morgan fingerprint density at radius 3 is 1.12 bits per heavy atom. The van der Waals surface area contributed by atoms with E-state index in [4.69, 9.17) is 0 Å². The summed E-state index contributed by atoms with van der Waals surface area (Å²) in [6, 6.07) is 39.2. The Labute approximate surface area is 271 Å². The van der Waals surface area contributed by atoms with Crippen molar-refractivity contribution in [1.82, 2.24) is 9.47 Å². The number of para-hydroxylation sites is 2. The molecule has 0 saturated carbocycles. The van der Waals surface area contributed by atoms with Crippen LogP contribution in [-0.2, 0) is 7.05 Å². The summed E-state index contributed by atoms with van der Waals surface area (Å²) in [6.45, 7) is 19.3. The summed E-state index contributed by atoms with van der Waals surface area (Å²) >= 11 is 0. The SMILES string of the molecule is CC.CC.CC.CC.CCN(C)C.Cn1c2ccccc2c2ccccc21.[U+2].[c-]1ccccc1-c1[c-]cccc1. The van der Waals surface area contributed by atoms with E-state index in [1.54, 1.807) is 0 Å². The maximum atomic E-state index is 3.15. The van der Waals surface area contributed by atoms with Crippen LogP contribution in [0.5, 0.6) is 0 Å². The zero-order chi connectivity index (χ0) is 30.1. The minimum atomic E-state index is 0. The second-order valence-corrected chi connectivity index (χ2v) is 7.54. The number of fused-ring (bicyclic) bond motifs is 3. The number of aryl methyl sites for hydroxylation is 1. The largest absolute Gasteiger partial charge is 2.00 e. The van der Waals surface area contributed by atoms with E-state index in [0.29, 0.717) is 0 Å². The molecule has 2 nitrogen and oxygen atoms in total. The van der Waals surface area contributed by atoms with Crippen molar-refractivity contribution >= 4 is 21.8 Å². The molecule has 0 aliphatic rings. The normalized spacial score (nSPS) is 8.62. The third kappa shape index (κ3) is 14.9. The molecule has 0 spiro atoms. The van der Waals surface area contributed by atoms with E-state index in [1.807, 2.05) is 104 Å². The van der Waals surface area contributed by atoms with Crippen LogP contribution in [0.1, 0.15) is 62.3 Å². The number of rotatable bonds is 2. The molecule has 5 rings (SSSR count). The third-order valence-corrected chi connectivity index (χ3v) is 5.16. The summed E-state index contributed by atoms with van der Waals surface area (Å²) in [4.78, 5) is 2.12. The Bertz CT molecular complexity index is 1110. The second kappa shape index (κ2) is 28.2. The molecule has 0 N–H and O–H groups in total. The number of benzene rings is 4. The van der Waals surface area contributed by atoms with E-state index in [9.17, 15) is 0 Å². The minimum Gasteiger partial charge on any atom is -0.344 e. The molecule has 3 heteroatoms. The molecule has 1 heterocycles. The van der Waals surface area contributed by atoms with Gasteiger partial charge in [0.2, 0.25) is 0 Å². The van der Waals surface area contributed by atoms with E-state index < -0.39 is 0 Å². The first kappa shape index (κ1) is 42.2. The average molecular weight is 765 g/mol. The van der Waals surface area contributed by atoms with E-state index in [-0.39, 0.29) is 31.1 Å². The Morgan fingerprint density at radius 1 is 0.550 bits per heavy atom. The van der Waals surface area contributed by atoms with Gasteiger partial charge in [0.15, 0.2) is 0 Å². The predicted molar refractivity (Wildman–Crippen MR) is 180 cm³/mol. The van der Waals surface area contributed by atoms with Crippen LogP contribution in [0.3, 0.4) is 0 Å². The van der Waals surface area contributed by atoms with Crippen molar-refractivity contribution in [3.05, 3.63) is 109 Å². The maximum Gasteiger partial charge on any atom is 2.00 e. The van der Waals surface area contributed by atoms with Crippen LogP contribution < -0.4 is 0 Å². The molecule has 0 aliphatic carbocycles. The summed E-state index contributed by atoms with van der Waals surface area (Å²) in [6.07, 6.45) is 0. The molecule has 0 amide bonds. The first-order valence-corrected chi connectivity index (χ1v) is 14.6. The molecule has 40 heavy (non-hydrogen) atoms. The molecule has 0 bridgehead atoms. The number of hydrogen-bond acceptors (Lipinski definition) is 1. The van der Waals surface area contributed by atoms with Crippen molar-refractivity contribution in [1.29, 1.82) is 0 Å². The van der Waals surface area contributed by atoms with Gasteiger partial charge in [-0.25, -0.2) is 11.1 Å². The predicted octanol–water partition coefficient (Wildman–Crippen LogP) is 11.0. The van der Waals surface area contributed by atoms with E-state index >= 15 is 0 Å². The van der Waals surface area contributed by atoms with Crippen LogP contribution in [0, 0.1) is 43.2 Å².